The van der Waals surface area contributed by atoms with Crippen LogP contribution in [0, 0.1) is 6.92 Å². The van der Waals surface area contributed by atoms with Gasteiger partial charge in [-0.15, -0.1) is 0 Å². The predicted molar refractivity (Wildman–Crippen MR) is 118 cm³/mol. The molecule has 0 aliphatic carbocycles. The number of benzene rings is 4. The van der Waals surface area contributed by atoms with E-state index in [1.165, 1.54) is 5.56 Å². The van der Waals surface area contributed by atoms with Gasteiger partial charge >= 0.3 is 0 Å². The molecule has 0 heterocycles. The smallest absolute Gasteiger partial charge is 0.256 e. The molecule has 0 aliphatic rings. The van der Waals surface area contributed by atoms with Gasteiger partial charge < -0.3 is 10.1 Å². The quantitative estimate of drug-likeness (QED) is 0.419. The first kappa shape index (κ1) is 18.5. The van der Waals surface area contributed by atoms with Gasteiger partial charge in [-0.25, -0.2) is 0 Å². The Balaban J connectivity index is 1.62. The molecule has 4 aromatic rings. The number of hydrogen-bond acceptors (Lipinski definition) is 2. The molecule has 29 heavy (non-hydrogen) atoms. The maximum Gasteiger partial charge on any atom is 0.256 e. The fourth-order valence-electron chi connectivity index (χ4n) is 3.13. The zero-order valence-electron chi connectivity index (χ0n) is 16.1. The molecule has 0 spiro atoms. The van der Waals surface area contributed by atoms with Gasteiger partial charge in [0.15, 0.2) is 5.75 Å². The molecule has 0 saturated carbocycles. The first-order valence-corrected chi connectivity index (χ1v) is 9.50. The Kier molecular flexibility index (Phi) is 5.39. The van der Waals surface area contributed by atoms with Crippen molar-refractivity contribution in [2.45, 2.75) is 6.92 Å². The number of carbonyl (C=O) groups is 1. The number of anilines is 1. The lowest BCUT2D eigenvalue weighted by Crippen LogP contribution is -2.13. The molecule has 3 heteroatoms. The highest BCUT2D eigenvalue weighted by atomic mass is 16.5. The van der Waals surface area contributed by atoms with Gasteiger partial charge in [-0.3, -0.25) is 4.79 Å². The molecule has 1 amide bonds. The Morgan fingerprint density at radius 1 is 0.724 bits per heavy atom. The van der Waals surface area contributed by atoms with Gasteiger partial charge in [0.05, 0.1) is 5.69 Å². The molecule has 0 unspecified atom stereocenters. The lowest BCUT2D eigenvalue weighted by molar-refractivity contribution is 0.102. The fourth-order valence-corrected chi connectivity index (χ4v) is 3.13. The van der Waals surface area contributed by atoms with Gasteiger partial charge in [0, 0.05) is 5.56 Å². The van der Waals surface area contributed by atoms with Crippen molar-refractivity contribution >= 4 is 11.6 Å². The van der Waals surface area contributed by atoms with Crippen molar-refractivity contribution in [3.05, 3.63) is 114 Å². The van der Waals surface area contributed by atoms with Crippen LogP contribution in [-0.4, -0.2) is 5.91 Å². The largest absolute Gasteiger partial charge is 0.455 e. The van der Waals surface area contributed by atoms with Crippen LogP contribution in [0.2, 0.25) is 0 Å². The lowest BCUT2D eigenvalue weighted by Gasteiger charge is -2.14. The van der Waals surface area contributed by atoms with Crippen LogP contribution < -0.4 is 10.1 Å². The molecule has 0 aliphatic heterocycles. The van der Waals surface area contributed by atoms with Crippen LogP contribution >= 0.6 is 0 Å². The number of amides is 1. The summed E-state index contributed by atoms with van der Waals surface area (Å²) in [4.78, 5) is 13.1. The highest BCUT2D eigenvalue weighted by Crippen LogP contribution is 2.31. The summed E-state index contributed by atoms with van der Waals surface area (Å²) in [5.74, 6) is 1.14. The normalized spacial score (nSPS) is 10.4. The number of nitrogens with one attached hydrogen (secondary N) is 1. The van der Waals surface area contributed by atoms with Crippen molar-refractivity contribution in [3.8, 4) is 22.6 Å². The van der Waals surface area contributed by atoms with Crippen molar-refractivity contribution in [2.24, 2.45) is 0 Å². The number of carbonyl (C=O) groups excluding carboxylic acids is 1. The molecule has 0 aromatic heterocycles. The topological polar surface area (TPSA) is 38.3 Å². The first-order valence-electron chi connectivity index (χ1n) is 9.50. The molecule has 0 fully saturated rings. The van der Waals surface area contributed by atoms with Crippen LogP contribution in [0.3, 0.4) is 0 Å². The van der Waals surface area contributed by atoms with E-state index in [-0.39, 0.29) is 5.91 Å². The maximum atomic E-state index is 13.1. The summed E-state index contributed by atoms with van der Waals surface area (Å²) in [6.45, 7) is 2.05. The van der Waals surface area contributed by atoms with E-state index < -0.39 is 0 Å². The van der Waals surface area contributed by atoms with E-state index >= 15 is 0 Å². The zero-order chi connectivity index (χ0) is 20.1. The third kappa shape index (κ3) is 4.36. The minimum absolute atomic E-state index is 0.176. The van der Waals surface area contributed by atoms with E-state index in [1.54, 1.807) is 0 Å². The second-order valence-electron chi connectivity index (χ2n) is 6.78. The summed E-state index contributed by atoms with van der Waals surface area (Å²) in [5.41, 5.74) is 4.33. The number of para-hydroxylation sites is 3. The Bertz CT molecular complexity index is 1120. The highest BCUT2D eigenvalue weighted by Gasteiger charge is 2.14. The molecule has 3 nitrogen and oxygen atoms in total. The Morgan fingerprint density at radius 2 is 1.38 bits per heavy atom. The average Bonchev–Trinajstić information content (AvgIpc) is 2.76. The van der Waals surface area contributed by atoms with E-state index in [1.807, 2.05) is 110 Å². The van der Waals surface area contributed by atoms with Gasteiger partial charge in [0.25, 0.3) is 5.91 Å². The summed E-state index contributed by atoms with van der Waals surface area (Å²) < 4.78 is 5.96. The molecular weight excluding hydrogens is 358 g/mol. The van der Waals surface area contributed by atoms with Gasteiger partial charge in [0.1, 0.15) is 5.75 Å². The molecule has 0 saturated heterocycles. The molecule has 0 bridgehead atoms. The molecule has 4 rings (SSSR count). The van der Waals surface area contributed by atoms with Gasteiger partial charge in [-0.1, -0.05) is 78.4 Å². The maximum absolute atomic E-state index is 13.1. The van der Waals surface area contributed by atoms with Crippen molar-refractivity contribution in [1.82, 2.24) is 0 Å². The zero-order valence-corrected chi connectivity index (χ0v) is 16.1. The Labute approximate surface area is 170 Å². The third-order valence-electron chi connectivity index (χ3n) is 4.64. The summed E-state index contributed by atoms with van der Waals surface area (Å²) in [6, 6.07) is 32.7. The number of rotatable bonds is 5. The Hall–Kier alpha value is -3.85. The molecule has 1 N–H and O–H groups in total. The van der Waals surface area contributed by atoms with E-state index in [4.69, 9.17) is 4.74 Å². The van der Waals surface area contributed by atoms with Crippen LogP contribution in [-0.2, 0) is 0 Å². The third-order valence-corrected chi connectivity index (χ3v) is 4.64. The number of aryl methyl sites for hydroxylation is 1. The number of ether oxygens (including phenoxy) is 1. The molecule has 4 aromatic carbocycles. The van der Waals surface area contributed by atoms with E-state index in [0.717, 1.165) is 11.1 Å². The van der Waals surface area contributed by atoms with Crippen molar-refractivity contribution < 1.29 is 9.53 Å². The molecule has 0 atom stereocenters. The van der Waals surface area contributed by atoms with E-state index in [2.05, 4.69) is 5.32 Å². The average molecular weight is 379 g/mol. The van der Waals surface area contributed by atoms with Crippen LogP contribution in [0.15, 0.2) is 103 Å². The summed E-state index contributed by atoms with van der Waals surface area (Å²) in [5, 5.41) is 3.00. The summed E-state index contributed by atoms with van der Waals surface area (Å²) in [7, 11) is 0. The van der Waals surface area contributed by atoms with E-state index in [0.29, 0.717) is 22.7 Å². The summed E-state index contributed by atoms with van der Waals surface area (Å²) in [6.07, 6.45) is 0. The second-order valence-corrected chi connectivity index (χ2v) is 6.78. The van der Waals surface area contributed by atoms with E-state index in [9.17, 15) is 4.79 Å². The summed E-state index contributed by atoms with van der Waals surface area (Å²) >= 11 is 0. The van der Waals surface area contributed by atoms with Crippen molar-refractivity contribution in [2.75, 3.05) is 5.32 Å². The van der Waals surface area contributed by atoms with Gasteiger partial charge in [-0.2, -0.15) is 0 Å². The predicted octanol–water partition coefficient (Wildman–Crippen LogP) is 6.71. The SMILES string of the molecule is Cc1ccc(-c2ccccc2C(=O)Nc2ccccc2Oc2ccccc2)cc1. The van der Waals surface area contributed by atoms with Gasteiger partial charge in [-0.05, 0) is 48.4 Å². The minimum Gasteiger partial charge on any atom is -0.455 e. The van der Waals surface area contributed by atoms with Crippen LogP contribution in [0.5, 0.6) is 11.5 Å². The van der Waals surface area contributed by atoms with Crippen molar-refractivity contribution in [1.29, 1.82) is 0 Å². The van der Waals surface area contributed by atoms with Crippen LogP contribution in [0.25, 0.3) is 11.1 Å². The lowest BCUT2D eigenvalue weighted by atomic mass is 9.98. The molecular formula is C26H21NO2. The second kappa shape index (κ2) is 8.44. The minimum atomic E-state index is -0.176. The highest BCUT2D eigenvalue weighted by molar-refractivity contribution is 6.09. The fraction of sp³-hybridized carbons (Fsp3) is 0.0385. The number of hydrogen-bond donors (Lipinski definition) is 1. The standard InChI is InChI=1S/C26H21NO2/c1-19-15-17-20(18-16-19)22-11-5-6-12-23(22)26(28)27-24-13-7-8-14-25(24)29-21-9-3-2-4-10-21/h2-18H,1H3,(H,27,28). The van der Waals surface area contributed by atoms with Crippen molar-refractivity contribution in [3.63, 3.8) is 0 Å². The Morgan fingerprint density at radius 3 is 2.17 bits per heavy atom. The van der Waals surface area contributed by atoms with Crippen LogP contribution in [0.4, 0.5) is 5.69 Å². The molecule has 0 radical (unpaired) electrons. The monoisotopic (exact) mass is 379 g/mol. The first-order chi connectivity index (χ1) is 14.2. The van der Waals surface area contributed by atoms with Gasteiger partial charge in [0.2, 0.25) is 0 Å². The molecule has 142 valence electrons. The van der Waals surface area contributed by atoms with Crippen LogP contribution in [0.1, 0.15) is 15.9 Å².